The van der Waals surface area contributed by atoms with Crippen LogP contribution in [-0.4, -0.2) is 47.9 Å². The maximum atomic E-state index is 12.1. The number of carbonyl (C=O) groups is 2. The van der Waals surface area contributed by atoms with Crippen molar-refractivity contribution in [1.82, 2.24) is 20.5 Å². The summed E-state index contributed by atoms with van der Waals surface area (Å²) in [6, 6.07) is 7.74. The van der Waals surface area contributed by atoms with E-state index in [4.69, 9.17) is 0 Å². The summed E-state index contributed by atoms with van der Waals surface area (Å²) >= 11 is 0. The van der Waals surface area contributed by atoms with Gasteiger partial charge < -0.3 is 15.6 Å². The third kappa shape index (κ3) is 2.82. The van der Waals surface area contributed by atoms with Gasteiger partial charge in [0, 0.05) is 38.4 Å². The van der Waals surface area contributed by atoms with Gasteiger partial charge in [-0.05, 0) is 17.0 Å². The van der Waals surface area contributed by atoms with E-state index in [1.54, 1.807) is 7.05 Å². The van der Waals surface area contributed by atoms with Crippen LogP contribution in [0.25, 0.3) is 10.9 Å². The Bertz CT molecular complexity index is 694. The lowest BCUT2D eigenvalue weighted by molar-refractivity contribution is -0.134. The Morgan fingerprint density at radius 3 is 3.09 bits per heavy atom. The number of aromatic amines is 1. The Morgan fingerprint density at radius 2 is 2.27 bits per heavy atom. The summed E-state index contributed by atoms with van der Waals surface area (Å²) in [5, 5.41) is 6.59. The summed E-state index contributed by atoms with van der Waals surface area (Å²) < 4.78 is 0. The molecule has 1 aliphatic heterocycles. The Kier molecular flexibility index (Phi) is 4.11. The fraction of sp³-hybridized carbons (Fsp3) is 0.375. The van der Waals surface area contributed by atoms with Gasteiger partial charge in [-0.2, -0.15) is 0 Å². The molecule has 1 saturated heterocycles. The summed E-state index contributed by atoms with van der Waals surface area (Å²) in [6.45, 7) is 2.00. The summed E-state index contributed by atoms with van der Waals surface area (Å²) in [5.74, 6) is -0.196. The number of hydrogen-bond acceptors (Lipinski definition) is 3. The molecule has 3 rings (SSSR count). The zero-order valence-corrected chi connectivity index (χ0v) is 12.6. The van der Waals surface area contributed by atoms with Crippen molar-refractivity contribution in [2.75, 3.05) is 20.1 Å². The van der Waals surface area contributed by atoms with Gasteiger partial charge in [0.1, 0.15) is 0 Å². The summed E-state index contributed by atoms with van der Waals surface area (Å²) in [7, 11) is 1.59. The molecular formula is C16H20N4O2. The maximum Gasteiger partial charge on any atom is 0.237 e. The topological polar surface area (TPSA) is 77.2 Å². The second-order valence-corrected chi connectivity index (χ2v) is 5.51. The molecule has 1 aromatic heterocycles. The number of hydrogen-bond donors (Lipinski definition) is 3. The average Bonchev–Trinajstić information content (AvgIpc) is 3.00. The minimum Gasteiger partial charge on any atom is -0.361 e. The lowest BCUT2D eigenvalue weighted by atomic mass is 10.1. The molecule has 1 atom stereocenters. The molecule has 1 aliphatic rings. The zero-order chi connectivity index (χ0) is 15.5. The van der Waals surface area contributed by atoms with Crippen molar-refractivity contribution < 1.29 is 9.59 Å². The highest BCUT2D eigenvalue weighted by molar-refractivity contribution is 5.89. The number of amides is 2. The molecule has 2 amide bonds. The van der Waals surface area contributed by atoms with Gasteiger partial charge >= 0.3 is 0 Å². The predicted octanol–water partition coefficient (Wildman–Crippen LogP) is 0.604. The number of H-pyrrole nitrogens is 1. The molecule has 0 aliphatic carbocycles. The van der Waals surface area contributed by atoms with E-state index in [1.807, 2.05) is 18.3 Å². The molecule has 1 fully saturated rings. The van der Waals surface area contributed by atoms with E-state index < -0.39 is 6.04 Å². The number of nitrogens with zero attached hydrogens (tertiary/aromatic N) is 1. The number of benzene rings is 1. The minimum absolute atomic E-state index is 0.0755. The molecule has 0 unspecified atom stereocenters. The molecule has 1 aromatic carbocycles. The highest BCUT2D eigenvalue weighted by atomic mass is 16.2. The molecule has 3 N–H and O–H groups in total. The number of nitrogens with one attached hydrogen (secondary N) is 3. The average molecular weight is 300 g/mol. The van der Waals surface area contributed by atoms with Gasteiger partial charge in [-0.25, -0.2) is 0 Å². The van der Waals surface area contributed by atoms with Crippen molar-refractivity contribution in [3.05, 3.63) is 36.0 Å². The molecular weight excluding hydrogens is 280 g/mol. The number of fused-ring (bicyclic) bond motifs is 1. The van der Waals surface area contributed by atoms with Crippen LogP contribution in [0.1, 0.15) is 12.0 Å². The summed E-state index contributed by atoms with van der Waals surface area (Å²) in [4.78, 5) is 29.1. The molecule has 6 heteroatoms. The van der Waals surface area contributed by atoms with E-state index in [0.29, 0.717) is 13.1 Å². The number of para-hydroxylation sites is 1. The normalized spacial score (nSPS) is 19.1. The lowest BCUT2D eigenvalue weighted by Gasteiger charge is -2.34. The van der Waals surface area contributed by atoms with Crippen LogP contribution in [0.2, 0.25) is 0 Å². The van der Waals surface area contributed by atoms with Gasteiger partial charge in [-0.1, -0.05) is 18.2 Å². The lowest BCUT2D eigenvalue weighted by Crippen LogP contribution is -2.56. The molecule has 2 aromatic rings. The van der Waals surface area contributed by atoms with Crippen molar-refractivity contribution in [3.63, 3.8) is 0 Å². The van der Waals surface area contributed by atoms with Crippen LogP contribution >= 0.6 is 0 Å². The first-order valence-corrected chi connectivity index (χ1v) is 7.46. The van der Waals surface area contributed by atoms with Gasteiger partial charge in [0.25, 0.3) is 0 Å². The Balaban J connectivity index is 1.83. The van der Waals surface area contributed by atoms with E-state index >= 15 is 0 Å². The second kappa shape index (κ2) is 6.19. The smallest absolute Gasteiger partial charge is 0.237 e. The third-order valence-electron chi connectivity index (χ3n) is 4.15. The summed E-state index contributed by atoms with van der Waals surface area (Å²) in [5.41, 5.74) is 2.23. The maximum absolute atomic E-state index is 12.1. The first kappa shape index (κ1) is 14.6. The Labute approximate surface area is 128 Å². The van der Waals surface area contributed by atoms with Gasteiger partial charge in [-0.3, -0.25) is 14.5 Å². The van der Waals surface area contributed by atoms with Gasteiger partial charge in [0.15, 0.2) is 0 Å². The minimum atomic E-state index is -0.418. The monoisotopic (exact) mass is 300 g/mol. The molecule has 22 heavy (non-hydrogen) atoms. The first-order valence-electron chi connectivity index (χ1n) is 7.46. The molecule has 6 nitrogen and oxygen atoms in total. The number of aromatic nitrogens is 1. The molecule has 0 radical (unpaired) electrons. The fourth-order valence-corrected chi connectivity index (χ4v) is 2.95. The SMILES string of the molecule is CNC(=O)C[C@H]1C(=O)NCCN1Cc1cccc2cc[nH]c12. The van der Waals surface area contributed by atoms with Crippen molar-refractivity contribution in [1.29, 1.82) is 0 Å². The first-order chi connectivity index (χ1) is 10.7. The van der Waals surface area contributed by atoms with Crippen molar-refractivity contribution in [2.45, 2.75) is 19.0 Å². The molecule has 0 bridgehead atoms. The molecule has 0 spiro atoms. The van der Waals surface area contributed by atoms with Crippen molar-refractivity contribution >= 4 is 22.7 Å². The van der Waals surface area contributed by atoms with Crippen molar-refractivity contribution in [3.8, 4) is 0 Å². The van der Waals surface area contributed by atoms with E-state index in [1.165, 1.54) is 0 Å². The zero-order valence-electron chi connectivity index (χ0n) is 12.6. The van der Waals surface area contributed by atoms with Crippen LogP contribution < -0.4 is 10.6 Å². The van der Waals surface area contributed by atoms with Crippen LogP contribution in [0.4, 0.5) is 0 Å². The van der Waals surface area contributed by atoms with E-state index in [9.17, 15) is 9.59 Å². The van der Waals surface area contributed by atoms with Gasteiger partial charge in [0.05, 0.1) is 12.5 Å². The number of rotatable bonds is 4. The molecule has 0 saturated carbocycles. The Hall–Kier alpha value is -2.34. The fourth-order valence-electron chi connectivity index (χ4n) is 2.95. The van der Waals surface area contributed by atoms with Crippen LogP contribution in [0.5, 0.6) is 0 Å². The van der Waals surface area contributed by atoms with Crippen LogP contribution in [-0.2, 0) is 16.1 Å². The number of carbonyl (C=O) groups excluding carboxylic acids is 2. The highest BCUT2D eigenvalue weighted by Crippen LogP contribution is 2.21. The third-order valence-corrected chi connectivity index (χ3v) is 4.15. The molecule has 2 heterocycles. The summed E-state index contributed by atoms with van der Waals surface area (Å²) in [6.07, 6.45) is 2.10. The van der Waals surface area contributed by atoms with Gasteiger partial charge in [-0.15, -0.1) is 0 Å². The standard InChI is InChI=1S/C16H20N4O2/c1-17-14(21)9-13-16(22)19-7-8-20(13)10-12-4-2-3-11-5-6-18-15(11)12/h2-6,13,18H,7-10H2,1H3,(H,17,21)(H,19,22)/t13-/m0/s1. The highest BCUT2D eigenvalue weighted by Gasteiger charge is 2.31. The largest absolute Gasteiger partial charge is 0.361 e. The van der Waals surface area contributed by atoms with Crippen molar-refractivity contribution in [2.24, 2.45) is 0 Å². The van der Waals surface area contributed by atoms with Crippen LogP contribution in [0.3, 0.4) is 0 Å². The molecule has 116 valence electrons. The van der Waals surface area contributed by atoms with E-state index in [0.717, 1.165) is 23.0 Å². The van der Waals surface area contributed by atoms with E-state index in [-0.39, 0.29) is 18.2 Å². The quantitative estimate of drug-likeness (QED) is 0.774. The van der Waals surface area contributed by atoms with Crippen LogP contribution in [0, 0.1) is 0 Å². The Morgan fingerprint density at radius 1 is 1.41 bits per heavy atom. The predicted molar refractivity (Wildman–Crippen MR) is 84.2 cm³/mol. The second-order valence-electron chi connectivity index (χ2n) is 5.51. The number of piperazine rings is 1. The van der Waals surface area contributed by atoms with E-state index in [2.05, 4.69) is 32.7 Å². The van der Waals surface area contributed by atoms with Crippen LogP contribution in [0.15, 0.2) is 30.5 Å². The van der Waals surface area contributed by atoms with Gasteiger partial charge in [0.2, 0.25) is 11.8 Å².